The van der Waals surface area contributed by atoms with E-state index in [2.05, 4.69) is 9.97 Å². The highest BCUT2D eigenvalue weighted by Gasteiger charge is 2.56. The van der Waals surface area contributed by atoms with E-state index in [4.69, 9.17) is 0 Å². The normalized spacial score (nSPS) is 29.4. The van der Waals surface area contributed by atoms with Crippen LogP contribution in [0.1, 0.15) is 44.1 Å². The van der Waals surface area contributed by atoms with Gasteiger partial charge >= 0.3 is 0 Å². The number of carbonyl (C=O) groups excluding carboxylic acids is 1. The van der Waals surface area contributed by atoms with Gasteiger partial charge in [0.15, 0.2) is 5.13 Å². The molecule has 4 aliphatic carbocycles. The number of para-hydroxylation sites is 1. The fourth-order valence-corrected chi connectivity index (χ4v) is 7.56. The first kappa shape index (κ1) is 18.4. The molecule has 7 rings (SSSR count). The third-order valence-corrected chi connectivity index (χ3v) is 8.43. The van der Waals surface area contributed by atoms with Crippen molar-refractivity contribution in [3.8, 4) is 0 Å². The van der Waals surface area contributed by atoms with Crippen molar-refractivity contribution in [1.82, 2.24) is 9.97 Å². The molecule has 30 heavy (non-hydrogen) atoms. The summed E-state index contributed by atoms with van der Waals surface area (Å²) < 4.78 is 15.1. The van der Waals surface area contributed by atoms with Crippen molar-refractivity contribution in [2.24, 2.45) is 23.2 Å². The van der Waals surface area contributed by atoms with Gasteiger partial charge in [-0.05, 0) is 80.0 Å². The molecule has 4 saturated carbocycles. The second-order valence-electron chi connectivity index (χ2n) is 9.53. The van der Waals surface area contributed by atoms with Crippen molar-refractivity contribution < 1.29 is 9.18 Å². The fourth-order valence-electron chi connectivity index (χ4n) is 6.58. The lowest BCUT2D eigenvalue weighted by molar-refractivity contribution is -0.143. The van der Waals surface area contributed by atoms with Crippen molar-refractivity contribution in [2.45, 2.75) is 45.1 Å². The fraction of sp³-hybridized carbons (Fsp3) is 0.458. The van der Waals surface area contributed by atoms with E-state index in [-0.39, 0.29) is 17.1 Å². The molecule has 4 fully saturated rings. The molecule has 0 saturated heterocycles. The highest BCUT2D eigenvalue weighted by atomic mass is 32.1. The predicted octanol–water partition coefficient (Wildman–Crippen LogP) is 5.58. The highest BCUT2D eigenvalue weighted by Crippen LogP contribution is 2.60. The summed E-state index contributed by atoms with van der Waals surface area (Å²) in [5.74, 6) is 1.92. The van der Waals surface area contributed by atoms with E-state index in [0.717, 1.165) is 29.5 Å². The number of carbonyl (C=O) groups is 1. The van der Waals surface area contributed by atoms with Gasteiger partial charge in [-0.25, -0.2) is 9.37 Å². The molecule has 4 bridgehead atoms. The number of pyridine rings is 1. The second kappa shape index (κ2) is 6.84. The zero-order valence-corrected chi connectivity index (χ0v) is 17.6. The Kier molecular flexibility index (Phi) is 4.20. The number of rotatable bonds is 4. The third-order valence-electron chi connectivity index (χ3n) is 7.39. The molecule has 0 N–H and O–H groups in total. The van der Waals surface area contributed by atoms with E-state index in [1.165, 1.54) is 36.7 Å². The van der Waals surface area contributed by atoms with E-state index >= 15 is 0 Å². The molecule has 1 amide bonds. The first-order valence-corrected chi connectivity index (χ1v) is 11.7. The standard InChI is InChI=1S/C24H24FN3OS/c25-19-4-1-5-20-21(19)27-23(30-20)28(14-15-3-2-6-26-13-15)22(29)24-10-16-7-17(11-24)9-18(8-16)12-24/h1-6,13,16-18H,7-12,14H2. The van der Waals surface area contributed by atoms with E-state index in [0.29, 0.717) is 34.9 Å². The molecule has 0 atom stereocenters. The van der Waals surface area contributed by atoms with Crippen LogP contribution >= 0.6 is 11.3 Å². The van der Waals surface area contributed by atoms with Crippen molar-refractivity contribution in [3.05, 3.63) is 54.1 Å². The Morgan fingerprint density at radius 3 is 2.47 bits per heavy atom. The molecule has 1 aromatic carbocycles. The molecule has 4 nitrogen and oxygen atoms in total. The summed E-state index contributed by atoms with van der Waals surface area (Å²) in [6, 6.07) is 8.88. The molecule has 0 unspecified atom stereocenters. The molecular formula is C24H24FN3OS. The van der Waals surface area contributed by atoms with Gasteiger partial charge in [0, 0.05) is 12.4 Å². The number of aromatic nitrogens is 2. The summed E-state index contributed by atoms with van der Waals surface area (Å²) in [6.07, 6.45) is 10.4. The number of amides is 1. The minimum absolute atomic E-state index is 0.185. The molecule has 6 heteroatoms. The molecule has 0 aliphatic heterocycles. The van der Waals surface area contributed by atoms with Crippen LogP contribution in [-0.2, 0) is 11.3 Å². The molecular weight excluding hydrogens is 397 g/mol. The molecule has 3 aromatic rings. The minimum atomic E-state index is -0.335. The third kappa shape index (κ3) is 2.96. The van der Waals surface area contributed by atoms with Gasteiger partial charge in [-0.1, -0.05) is 23.5 Å². The lowest BCUT2D eigenvalue weighted by atomic mass is 9.49. The Morgan fingerprint density at radius 1 is 1.10 bits per heavy atom. The van der Waals surface area contributed by atoms with Crippen LogP contribution in [0.3, 0.4) is 0 Å². The second-order valence-corrected chi connectivity index (χ2v) is 10.5. The lowest BCUT2D eigenvalue weighted by Crippen LogP contribution is -2.54. The summed E-state index contributed by atoms with van der Waals surface area (Å²) in [5, 5.41) is 0.597. The lowest BCUT2D eigenvalue weighted by Gasteiger charge is -2.56. The van der Waals surface area contributed by atoms with Crippen molar-refractivity contribution in [1.29, 1.82) is 0 Å². The summed E-state index contributed by atoms with van der Waals surface area (Å²) >= 11 is 1.40. The number of nitrogens with zero attached hydrogens (tertiary/aromatic N) is 3. The van der Waals surface area contributed by atoms with Gasteiger partial charge in [0.05, 0.1) is 16.7 Å². The number of benzene rings is 1. The van der Waals surface area contributed by atoms with Crippen LogP contribution in [-0.4, -0.2) is 15.9 Å². The van der Waals surface area contributed by atoms with Gasteiger partial charge in [0.2, 0.25) is 5.91 Å². The average molecular weight is 422 g/mol. The Hall–Kier alpha value is -2.34. The SMILES string of the molecule is O=C(N(Cc1cccnc1)c1nc2c(F)cccc2s1)C12CC3CC(CC(C3)C1)C2. The Balaban J connectivity index is 1.42. The van der Waals surface area contributed by atoms with E-state index < -0.39 is 0 Å². The number of hydrogen-bond acceptors (Lipinski definition) is 4. The molecule has 4 aliphatic rings. The van der Waals surface area contributed by atoms with E-state index in [1.807, 2.05) is 23.1 Å². The number of fused-ring (bicyclic) bond motifs is 1. The van der Waals surface area contributed by atoms with E-state index in [1.54, 1.807) is 18.5 Å². The van der Waals surface area contributed by atoms with Crippen molar-refractivity contribution in [3.63, 3.8) is 0 Å². The van der Waals surface area contributed by atoms with E-state index in [9.17, 15) is 9.18 Å². The maximum absolute atomic E-state index is 14.3. The van der Waals surface area contributed by atoms with Crippen molar-refractivity contribution >= 4 is 32.6 Å². The summed E-state index contributed by atoms with van der Waals surface area (Å²) in [7, 11) is 0. The Labute approximate surface area is 179 Å². The largest absolute Gasteiger partial charge is 0.283 e. The maximum atomic E-state index is 14.3. The van der Waals surface area contributed by atoms with Crippen LogP contribution in [0, 0.1) is 29.0 Å². The van der Waals surface area contributed by atoms with Crippen LogP contribution in [0.25, 0.3) is 10.2 Å². The number of anilines is 1. The van der Waals surface area contributed by atoms with Gasteiger partial charge in [-0.3, -0.25) is 14.7 Å². The van der Waals surface area contributed by atoms with Crippen LogP contribution < -0.4 is 4.90 Å². The van der Waals surface area contributed by atoms with Crippen LogP contribution in [0.2, 0.25) is 0 Å². The maximum Gasteiger partial charge on any atom is 0.235 e. The van der Waals surface area contributed by atoms with Gasteiger partial charge in [0.1, 0.15) is 11.3 Å². The summed E-state index contributed by atoms with van der Waals surface area (Å²) in [5.41, 5.74) is 1.05. The van der Waals surface area contributed by atoms with Gasteiger partial charge < -0.3 is 0 Å². The zero-order chi connectivity index (χ0) is 20.3. The molecule has 0 radical (unpaired) electrons. The number of thiazole rings is 1. The first-order valence-electron chi connectivity index (χ1n) is 10.9. The molecule has 0 spiro atoms. The topological polar surface area (TPSA) is 46.1 Å². The monoisotopic (exact) mass is 421 g/mol. The van der Waals surface area contributed by atoms with Crippen LogP contribution in [0.4, 0.5) is 9.52 Å². The number of halogens is 1. The summed E-state index contributed by atoms with van der Waals surface area (Å²) in [6.45, 7) is 0.426. The van der Waals surface area contributed by atoms with Gasteiger partial charge in [-0.15, -0.1) is 0 Å². The highest BCUT2D eigenvalue weighted by molar-refractivity contribution is 7.22. The number of hydrogen-bond donors (Lipinski definition) is 0. The molecule has 154 valence electrons. The quantitative estimate of drug-likeness (QED) is 0.552. The minimum Gasteiger partial charge on any atom is -0.283 e. The molecule has 2 heterocycles. The molecule has 2 aromatic heterocycles. The van der Waals surface area contributed by atoms with Crippen molar-refractivity contribution in [2.75, 3.05) is 4.90 Å². The first-order chi connectivity index (χ1) is 14.6. The van der Waals surface area contributed by atoms with Gasteiger partial charge in [0.25, 0.3) is 0 Å². The van der Waals surface area contributed by atoms with Crippen LogP contribution in [0.15, 0.2) is 42.7 Å². The van der Waals surface area contributed by atoms with Crippen LogP contribution in [0.5, 0.6) is 0 Å². The smallest absolute Gasteiger partial charge is 0.235 e. The van der Waals surface area contributed by atoms with Gasteiger partial charge in [-0.2, -0.15) is 0 Å². The predicted molar refractivity (Wildman–Crippen MR) is 116 cm³/mol. The Bertz CT molecular complexity index is 1080. The summed E-state index contributed by atoms with van der Waals surface area (Å²) in [4.78, 5) is 24.8. The Morgan fingerprint density at radius 2 is 1.83 bits per heavy atom. The zero-order valence-electron chi connectivity index (χ0n) is 16.8. The average Bonchev–Trinajstić information content (AvgIpc) is 3.17.